The van der Waals surface area contributed by atoms with Crippen LogP contribution in [0.3, 0.4) is 0 Å². The first-order valence-electron chi connectivity index (χ1n) is 6.29. The van der Waals surface area contributed by atoms with E-state index in [9.17, 15) is 8.78 Å². The van der Waals surface area contributed by atoms with Crippen LogP contribution in [-0.2, 0) is 13.6 Å². The summed E-state index contributed by atoms with van der Waals surface area (Å²) >= 11 is 0. The lowest BCUT2D eigenvalue weighted by Crippen LogP contribution is -2.19. The van der Waals surface area contributed by atoms with E-state index in [2.05, 4.69) is 15.0 Å². The molecule has 2 aromatic rings. The summed E-state index contributed by atoms with van der Waals surface area (Å²) in [4.78, 5) is 4.04. The summed E-state index contributed by atoms with van der Waals surface area (Å²) in [6.07, 6.45) is 3.52. The van der Waals surface area contributed by atoms with Gasteiger partial charge in [-0.2, -0.15) is 8.78 Å². The Kier molecular flexibility index (Phi) is 4.68. The number of nitrogens with zero attached hydrogens (tertiary/aromatic N) is 2. The van der Waals surface area contributed by atoms with Crippen LogP contribution < -0.4 is 10.1 Å². The molecule has 0 aliphatic rings. The van der Waals surface area contributed by atoms with E-state index >= 15 is 0 Å². The summed E-state index contributed by atoms with van der Waals surface area (Å²) in [5.74, 6) is 0.173. The fraction of sp³-hybridized carbons (Fsp3) is 0.357. The van der Waals surface area contributed by atoms with Crippen molar-refractivity contribution in [3.63, 3.8) is 0 Å². The van der Waals surface area contributed by atoms with E-state index in [-0.39, 0.29) is 11.8 Å². The zero-order chi connectivity index (χ0) is 14.5. The molecule has 0 aliphatic carbocycles. The molecule has 0 bridgehead atoms. The number of nitrogens with one attached hydrogen (secondary N) is 1. The van der Waals surface area contributed by atoms with Crippen molar-refractivity contribution in [1.82, 2.24) is 14.9 Å². The van der Waals surface area contributed by atoms with Crippen molar-refractivity contribution in [2.45, 2.75) is 26.1 Å². The Labute approximate surface area is 116 Å². The van der Waals surface area contributed by atoms with Crippen LogP contribution in [0.5, 0.6) is 5.75 Å². The van der Waals surface area contributed by atoms with Gasteiger partial charge >= 0.3 is 6.61 Å². The molecule has 0 amide bonds. The van der Waals surface area contributed by atoms with Gasteiger partial charge in [-0.15, -0.1) is 0 Å². The van der Waals surface area contributed by atoms with Gasteiger partial charge < -0.3 is 14.6 Å². The quantitative estimate of drug-likeness (QED) is 0.885. The van der Waals surface area contributed by atoms with Crippen LogP contribution in [0.4, 0.5) is 8.78 Å². The van der Waals surface area contributed by atoms with Gasteiger partial charge in [-0.1, -0.05) is 12.1 Å². The first-order chi connectivity index (χ1) is 9.56. The highest BCUT2D eigenvalue weighted by atomic mass is 19.3. The standard InChI is InChI=1S/C14H17F2N3O/c1-10(18-8-12-7-17-9-19(12)2)11-4-3-5-13(6-11)20-14(15)16/h3-7,9-10,14,18H,8H2,1-2H3. The fourth-order valence-electron chi connectivity index (χ4n) is 1.89. The lowest BCUT2D eigenvalue weighted by molar-refractivity contribution is -0.0499. The number of halogens is 2. The summed E-state index contributed by atoms with van der Waals surface area (Å²) in [6, 6.07) is 6.73. The Hall–Kier alpha value is -1.95. The zero-order valence-electron chi connectivity index (χ0n) is 11.4. The number of imidazole rings is 1. The third-order valence-corrected chi connectivity index (χ3v) is 3.09. The van der Waals surface area contributed by atoms with Crippen LogP contribution in [-0.4, -0.2) is 16.2 Å². The summed E-state index contributed by atoms with van der Waals surface area (Å²) in [7, 11) is 1.92. The zero-order valence-corrected chi connectivity index (χ0v) is 11.4. The number of hydrogen-bond acceptors (Lipinski definition) is 3. The molecule has 4 nitrogen and oxygen atoms in total. The molecule has 0 saturated carbocycles. The van der Waals surface area contributed by atoms with Crippen LogP contribution in [0.2, 0.25) is 0 Å². The molecule has 0 aliphatic heterocycles. The van der Waals surface area contributed by atoms with Crippen molar-refractivity contribution in [2.75, 3.05) is 0 Å². The van der Waals surface area contributed by atoms with Crippen LogP contribution in [0.15, 0.2) is 36.8 Å². The van der Waals surface area contributed by atoms with E-state index in [1.807, 2.05) is 24.6 Å². The number of rotatable bonds is 6. The average Bonchev–Trinajstić information content (AvgIpc) is 2.81. The van der Waals surface area contributed by atoms with Crippen LogP contribution in [0, 0.1) is 0 Å². The van der Waals surface area contributed by atoms with Crippen molar-refractivity contribution in [2.24, 2.45) is 7.05 Å². The van der Waals surface area contributed by atoms with Gasteiger partial charge in [0.05, 0.1) is 12.0 Å². The van der Waals surface area contributed by atoms with Crippen LogP contribution in [0.1, 0.15) is 24.2 Å². The highest BCUT2D eigenvalue weighted by Gasteiger charge is 2.09. The second-order valence-corrected chi connectivity index (χ2v) is 4.55. The van der Waals surface area contributed by atoms with E-state index in [1.54, 1.807) is 24.7 Å². The normalized spacial score (nSPS) is 12.7. The molecule has 1 aromatic heterocycles. The first-order valence-corrected chi connectivity index (χ1v) is 6.29. The molecule has 2 rings (SSSR count). The number of ether oxygens (including phenoxy) is 1. The SMILES string of the molecule is CC(NCc1cncn1C)c1cccc(OC(F)F)c1. The number of alkyl halides is 2. The molecule has 1 heterocycles. The molecular formula is C14H17F2N3O. The highest BCUT2D eigenvalue weighted by Crippen LogP contribution is 2.20. The Morgan fingerprint density at radius 1 is 1.40 bits per heavy atom. The van der Waals surface area contributed by atoms with Crippen molar-refractivity contribution in [3.8, 4) is 5.75 Å². The maximum Gasteiger partial charge on any atom is 0.387 e. The summed E-state index contributed by atoms with van der Waals surface area (Å²) in [5, 5.41) is 3.32. The molecule has 0 spiro atoms. The minimum Gasteiger partial charge on any atom is -0.435 e. The molecular weight excluding hydrogens is 264 g/mol. The molecule has 108 valence electrons. The van der Waals surface area contributed by atoms with Crippen molar-refractivity contribution < 1.29 is 13.5 Å². The molecule has 1 N–H and O–H groups in total. The topological polar surface area (TPSA) is 39.1 Å². The smallest absolute Gasteiger partial charge is 0.387 e. The third kappa shape index (κ3) is 3.77. The lowest BCUT2D eigenvalue weighted by Gasteiger charge is -2.15. The predicted molar refractivity (Wildman–Crippen MR) is 71.5 cm³/mol. The minimum absolute atomic E-state index is 0.0196. The molecule has 20 heavy (non-hydrogen) atoms. The second kappa shape index (κ2) is 6.47. The van der Waals surface area contributed by atoms with Gasteiger partial charge in [-0.05, 0) is 24.6 Å². The maximum absolute atomic E-state index is 12.2. The van der Waals surface area contributed by atoms with Crippen molar-refractivity contribution >= 4 is 0 Å². The minimum atomic E-state index is -2.80. The molecule has 0 radical (unpaired) electrons. The lowest BCUT2D eigenvalue weighted by atomic mass is 10.1. The highest BCUT2D eigenvalue weighted by molar-refractivity contribution is 5.30. The van der Waals surface area contributed by atoms with Gasteiger partial charge in [0, 0.05) is 25.8 Å². The first kappa shape index (κ1) is 14.5. The van der Waals surface area contributed by atoms with Crippen LogP contribution >= 0.6 is 0 Å². The summed E-state index contributed by atoms with van der Waals surface area (Å²) < 4.78 is 30.7. The molecule has 1 aromatic carbocycles. The van der Waals surface area contributed by atoms with E-state index < -0.39 is 6.61 Å². The van der Waals surface area contributed by atoms with Gasteiger partial charge in [-0.25, -0.2) is 4.98 Å². The Balaban J connectivity index is 1.98. The summed E-state index contributed by atoms with van der Waals surface area (Å²) in [6.45, 7) is -0.182. The second-order valence-electron chi connectivity index (χ2n) is 4.55. The third-order valence-electron chi connectivity index (χ3n) is 3.09. The Morgan fingerprint density at radius 2 is 2.20 bits per heavy atom. The fourth-order valence-corrected chi connectivity index (χ4v) is 1.89. The Bertz CT molecular complexity index is 557. The Morgan fingerprint density at radius 3 is 2.85 bits per heavy atom. The van der Waals surface area contributed by atoms with E-state index in [0.717, 1.165) is 11.3 Å². The van der Waals surface area contributed by atoms with Gasteiger partial charge in [0.1, 0.15) is 5.75 Å². The van der Waals surface area contributed by atoms with Gasteiger partial charge in [0.15, 0.2) is 0 Å². The molecule has 0 saturated heterocycles. The van der Waals surface area contributed by atoms with E-state index in [1.165, 1.54) is 6.07 Å². The summed E-state index contributed by atoms with van der Waals surface area (Å²) in [5.41, 5.74) is 1.95. The van der Waals surface area contributed by atoms with Crippen molar-refractivity contribution in [3.05, 3.63) is 48.0 Å². The molecule has 0 fully saturated rings. The molecule has 1 atom stereocenters. The number of aromatic nitrogens is 2. The van der Waals surface area contributed by atoms with Gasteiger partial charge in [0.2, 0.25) is 0 Å². The van der Waals surface area contributed by atoms with E-state index in [4.69, 9.17) is 0 Å². The average molecular weight is 281 g/mol. The van der Waals surface area contributed by atoms with Gasteiger partial charge in [-0.3, -0.25) is 0 Å². The number of benzene rings is 1. The monoisotopic (exact) mass is 281 g/mol. The largest absolute Gasteiger partial charge is 0.435 e. The van der Waals surface area contributed by atoms with Crippen molar-refractivity contribution in [1.29, 1.82) is 0 Å². The number of aryl methyl sites for hydroxylation is 1. The van der Waals surface area contributed by atoms with E-state index in [0.29, 0.717) is 6.54 Å². The molecule has 6 heteroatoms. The maximum atomic E-state index is 12.2. The van der Waals surface area contributed by atoms with Crippen LogP contribution in [0.25, 0.3) is 0 Å². The van der Waals surface area contributed by atoms with Gasteiger partial charge in [0.25, 0.3) is 0 Å². The molecule has 1 unspecified atom stereocenters. The number of hydrogen-bond donors (Lipinski definition) is 1. The predicted octanol–water partition coefficient (Wildman–Crippen LogP) is 2.87.